The quantitative estimate of drug-likeness (QED) is 0.161. The molecule has 11 aromatic carbocycles. The molecular weight excluding hydrogens is 935 g/mol. The Labute approximate surface area is 433 Å². The molecule has 4 nitrogen and oxygen atoms in total. The van der Waals surface area contributed by atoms with Gasteiger partial charge in [0.05, 0.1) is 33.1 Å². The van der Waals surface area contributed by atoms with Crippen molar-refractivity contribution in [2.75, 3.05) is 0 Å². The Hall–Kier alpha value is -8.55. The fourth-order valence-corrected chi connectivity index (χ4v) is 17.0. The Morgan fingerprint density at radius 2 is 0.662 bits per heavy atom. The molecule has 0 amide bonds. The maximum Gasteiger partial charge on any atom is 0.249 e. The molecule has 0 atom stereocenters. The number of rotatable bonds is 2. The van der Waals surface area contributed by atoms with Gasteiger partial charge in [0.25, 0.3) is 0 Å². The van der Waals surface area contributed by atoms with Gasteiger partial charge in [-0.1, -0.05) is 162 Å². The lowest BCUT2D eigenvalue weighted by atomic mass is 9.32. The molecule has 15 aromatic rings. The summed E-state index contributed by atoms with van der Waals surface area (Å²) in [6, 6.07) is 82.8. The SMILES string of the molecule is c1ccc(-n2c3ccccc3c3c4c5cccc6c5n(c4ccc32)-c2cccc3c2B6c2cc4c(cc2S3)Sc2cccc3c2B4c2cccc4c5c6c7ccccc7n(-c7ccccc7)c6ccc5n-3c24)cc1. The van der Waals surface area contributed by atoms with Crippen molar-refractivity contribution in [3.8, 4) is 22.7 Å². The predicted octanol–water partition coefficient (Wildman–Crippen LogP) is 12.7. The van der Waals surface area contributed by atoms with E-state index in [1.54, 1.807) is 0 Å². The van der Waals surface area contributed by atoms with Gasteiger partial charge in [0.2, 0.25) is 13.4 Å². The topological polar surface area (TPSA) is 19.7 Å². The lowest BCUT2D eigenvalue weighted by Gasteiger charge is -2.36. The van der Waals surface area contributed by atoms with Crippen LogP contribution in [0, 0.1) is 0 Å². The van der Waals surface area contributed by atoms with Crippen molar-refractivity contribution in [3.63, 3.8) is 0 Å². The molecule has 0 spiro atoms. The van der Waals surface area contributed by atoms with Crippen molar-refractivity contribution in [1.82, 2.24) is 18.3 Å². The highest BCUT2D eigenvalue weighted by molar-refractivity contribution is 8.01. The molecular formula is C66H36B2N4S2. The van der Waals surface area contributed by atoms with Crippen molar-refractivity contribution in [3.05, 3.63) is 218 Å². The fourth-order valence-electron chi connectivity index (χ4n) is 14.6. The zero-order valence-electron chi connectivity index (χ0n) is 39.5. The van der Waals surface area contributed by atoms with E-state index < -0.39 is 0 Å². The molecule has 4 aliphatic heterocycles. The standard InChI is InChI=1S/C66H36B2N4S2/c1-3-15-37(16-4-1)69-47-25-9-7-19-39(47)59-49(69)31-33-51-61(59)41-21-11-23-43-65(41)71(51)53-27-13-29-55-63(53)67(43)45-35-46-58(36-57(45)73-55)74-56-30-14-28-54-64(56)68(46)44-24-12-22-42-62-52(72(54)66(42)44)34-32-50-60(62)40-20-8-10-26-48(40)70(50)38-17-5-2-6-18-38/h1-36H. The second-order valence-corrected chi connectivity index (χ2v) is 22.8. The summed E-state index contributed by atoms with van der Waals surface area (Å²) in [4.78, 5) is 5.42. The smallest absolute Gasteiger partial charge is 0.249 e. The van der Waals surface area contributed by atoms with E-state index in [1.807, 2.05) is 23.5 Å². The number of fused-ring (bicyclic) bond motifs is 22. The van der Waals surface area contributed by atoms with Crippen LogP contribution < -0.4 is 32.8 Å². The molecule has 0 saturated carbocycles. The van der Waals surface area contributed by atoms with Gasteiger partial charge in [-0.25, -0.2) is 0 Å². The Balaban J connectivity index is 0.865. The van der Waals surface area contributed by atoms with Gasteiger partial charge in [-0.2, -0.15) is 0 Å². The molecule has 4 aromatic heterocycles. The van der Waals surface area contributed by atoms with Crippen LogP contribution in [0.2, 0.25) is 0 Å². The maximum atomic E-state index is 2.66. The zero-order valence-corrected chi connectivity index (χ0v) is 41.2. The van der Waals surface area contributed by atoms with E-state index >= 15 is 0 Å². The summed E-state index contributed by atoms with van der Waals surface area (Å²) in [5, 5.41) is 10.5. The predicted molar refractivity (Wildman–Crippen MR) is 314 cm³/mol. The van der Waals surface area contributed by atoms with Crippen molar-refractivity contribution in [2.24, 2.45) is 0 Å². The molecule has 0 saturated heterocycles. The second-order valence-electron chi connectivity index (χ2n) is 20.6. The van der Waals surface area contributed by atoms with Crippen LogP contribution in [0.15, 0.2) is 238 Å². The Morgan fingerprint density at radius 3 is 1.14 bits per heavy atom. The van der Waals surface area contributed by atoms with Crippen LogP contribution >= 0.6 is 23.5 Å². The third kappa shape index (κ3) is 4.62. The first-order valence-corrected chi connectivity index (χ1v) is 27.3. The van der Waals surface area contributed by atoms with E-state index in [0.717, 1.165) is 0 Å². The molecule has 19 rings (SSSR count). The lowest BCUT2D eigenvalue weighted by molar-refractivity contribution is 1.16. The molecule has 74 heavy (non-hydrogen) atoms. The average Bonchev–Trinajstić information content (AvgIpc) is 4.28. The van der Waals surface area contributed by atoms with Crippen LogP contribution in [0.25, 0.3) is 110 Å². The number of para-hydroxylation sites is 6. The molecule has 0 fully saturated rings. The minimum absolute atomic E-state index is 0.0760. The second kappa shape index (κ2) is 13.7. The van der Waals surface area contributed by atoms with E-state index in [0.29, 0.717) is 0 Å². The summed E-state index contributed by atoms with van der Waals surface area (Å²) in [5.74, 6) is 0. The van der Waals surface area contributed by atoms with Crippen LogP contribution in [0.1, 0.15) is 0 Å². The summed E-state index contributed by atoms with van der Waals surface area (Å²) < 4.78 is 10.1. The van der Waals surface area contributed by atoms with Crippen LogP contribution in [0.3, 0.4) is 0 Å². The summed E-state index contributed by atoms with van der Waals surface area (Å²) in [6.45, 7) is 0.152. The monoisotopic (exact) mass is 970 g/mol. The molecule has 0 aliphatic carbocycles. The van der Waals surface area contributed by atoms with Gasteiger partial charge in [0, 0.05) is 96.5 Å². The van der Waals surface area contributed by atoms with Gasteiger partial charge < -0.3 is 18.3 Å². The molecule has 0 unspecified atom stereocenters. The molecule has 8 heteroatoms. The highest BCUT2D eigenvalue weighted by Crippen LogP contribution is 2.47. The van der Waals surface area contributed by atoms with Crippen LogP contribution in [0.4, 0.5) is 0 Å². The van der Waals surface area contributed by atoms with E-state index in [2.05, 4.69) is 237 Å². The molecule has 4 aliphatic rings. The van der Waals surface area contributed by atoms with Crippen molar-refractivity contribution >= 4 is 157 Å². The molecule has 0 radical (unpaired) electrons. The first-order chi connectivity index (χ1) is 36.8. The summed E-state index contributed by atoms with van der Waals surface area (Å²) in [7, 11) is 0. The minimum Gasteiger partial charge on any atom is -0.310 e. The van der Waals surface area contributed by atoms with Gasteiger partial charge in [-0.15, -0.1) is 0 Å². The summed E-state index contributed by atoms with van der Waals surface area (Å²) in [6.07, 6.45) is 0. The highest BCUT2D eigenvalue weighted by Gasteiger charge is 2.44. The van der Waals surface area contributed by atoms with Gasteiger partial charge >= 0.3 is 0 Å². The Kier molecular flexibility index (Phi) is 7.25. The van der Waals surface area contributed by atoms with Gasteiger partial charge in [0.1, 0.15) is 0 Å². The third-order valence-corrected chi connectivity index (χ3v) is 19.5. The van der Waals surface area contributed by atoms with Gasteiger partial charge in [-0.3, -0.25) is 0 Å². The van der Waals surface area contributed by atoms with E-state index in [1.165, 1.54) is 162 Å². The Morgan fingerprint density at radius 1 is 0.270 bits per heavy atom. The molecule has 338 valence electrons. The van der Waals surface area contributed by atoms with E-state index in [9.17, 15) is 0 Å². The third-order valence-electron chi connectivity index (χ3n) is 17.2. The number of nitrogens with zero attached hydrogens (tertiary/aromatic N) is 4. The van der Waals surface area contributed by atoms with Crippen LogP contribution in [-0.4, -0.2) is 31.7 Å². The number of hydrogen-bond acceptors (Lipinski definition) is 2. The van der Waals surface area contributed by atoms with Crippen molar-refractivity contribution in [1.29, 1.82) is 0 Å². The Bertz CT molecular complexity index is 4790. The largest absolute Gasteiger partial charge is 0.310 e. The first kappa shape index (κ1) is 39.0. The highest BCUT2D eigenvalue weighted by atomic mass is 32.2. The minimum atomic E-state index is 0.0760. The average molecular weight is 971 g/mol. The fraction of sp³-hybridized carbons (Fsp3) is 0. The van der Waals surface area contributed by atoms with Crippen LogP contribution in [0.5, 0.6) is 0 Å². The molecule has 8 heterocycles. The summed E-state index contributed by atoms with van der Waals surface area (Å²) >= 11 is 3.92. The van der Waals surface area contributed by atoms with Crippen LogP contribution in [-0.2, 0) is 0 Å². The van der Waals surface area contributed by atoms with Crippen molar-refractivity contribution in [2.45, 2.75) is 19.6 Å². The first-order valence-electron chi connectivity index (χ1n) is 25.7. The normalized spacial score (nSPS) is 13.8. The molecule has 0 N–H and O–H groups in total. The van der Waals surface area contributed by atoms with E-state index in [-0.39, 0.29) is 13.4 Å². The lowest BCUT2D eigenvalue weighted by Crippen LogP contribution is -2.62. The molecule has 0 bridgehead atoms. The van der Waals surface area contributed by atoms with Crippen molar-refractivity contribution < 1.29 is 0 Å². The number of hydrogen-bond donors (Lipinski definition) is 0. The zero-order chi connectivity index (χ0) is 47.7. The number of aromatic nitrogens is 4. The number of benzene rings is 11. The maximum absolute atomic E-state index is 2.66. The van der Waals surface area contributed by atoms with Gasteiger partial charge in [0.15, 0.2) is 0 Å². The summed E-state index contributed by atoms with van der Waals surface area (Å²) in [5.41, 5.74) is 23.5. The van der Waals surface area contributed by atoms with E-state index in [4.69, 9.17) is 0 Å². The van der Waals surface area contributed by atoms with Gasteiger partial charge in [-0.05, 0) is 113 Å².